The maximum Gasteiger partial charge on any atom is 0.300 e. The summed E-state index contributed by atoms with van der Waals surface area (Å²) in [6.45, 7) is 4.40. The summed E-state index contributed by atoms with van der Waals surface area (Å²) >= 11 is 0. The van der Waals surface area contributed by atoms with Gasteiger partial charge in [0.15, 0.2) is 0 Å². The molecule has 0 aromatic carbocycles. The van der Waals surface area contributed by atoms with E-state index in [4.69, 9.17) is 4.74 Å². The fourth-order valence-corrected chi connectivity index (χ4v) is 4.93. The maximum atomic E-state index is 14.5. The van der Waals surface area contributed by atoms with E-state index >= 15 is 0 Å². The van der Waals surface area contributed by atoms with Crippen LogP contribution in [0.3, 0.4) is 0 Å². The van der Waals surface area contributed by atoms with Crippen molar-refractivity contribution in [1.29, 1.82) is 0 Å². The first-order valence-electron chi connectivity index (χ1n) is 11.5. The summed E-state index contributed by atoms with van der Waals surface area (Å²) in [5.74, 6) is -5.51. The minimum Gasteiger partial charge on any atom is -0.393 e. The Morgan fingerprint density at radius 2 is 1.93 bits per heavy atom. The van der Waals surface area contributed by atoms with Crippen LogP contribution in [0.15, 0.2) is 0 Å². The van der Waals surface area contributed by atoms with Crippen molar-refractivity contribution in [2.45, 2.75) is 115 Å². The first-order chi connectivity index (χ1) is 13.7. The zero-order valence-electron chi connectivity index (χ0n) is 18.0. The van der Waals surface area contributed by atoms with E-state index in [1.54, 1.807) is 0 Å². The number of fused-ring (bicyclic) bond motifs is 1. The molecule has 0 bridgehead atoms. The molecular weight excluding hydrogens is 380 g/mol. The molecule has 1 saturated heterocycles. The van der Waals surface area contributed by atoms with Gasteiger partial charge in [-0.3, -0.25) is 4.79 Å². The van der Waals surface area contributed by atoms with Gasteiger partial charge in [0.25, 0.3) is 0 Å². The number of aliphatic hydroxyl groups is 2. The minimum absolute atomic E-state index is 0.0302. The number of alkyl halides is 2. The van der Waals surface area contributed by atoms with Crippen LogP contribution in [0.4, 0.5) is 8.78 Å². The van der Waals surface area contributed by atoms with Crippen molar-refractivity contribution in [2.24, 2.45) is 11.8 Å². The number of hydrogen-bond donors (Lipinski definition) is 3. The first kappa shape index (κ1) is 24.5. The van der Waals surface area contributed by atoms with Crippen LogP contribution < -0.4 is 5.32 Å². The summed E-state index contributed by atoms with van der Waals surface area (Å²) < 4.78 is 34.5. The van der Waals surface area contributed by atoms with E-state index in [0.29, 0.717) is 38.6 Å². The zero-order chi connectivity index (χ0) is 21.5. The molecule has 170 valence electrons. The van der Waals surface area contributed by atoms with Gasteiger partial charge in [-0.1, -0.05) is 32.6 Å². The van der Waals surface area contributed by atoms with Crippen molar-refractivity contribution in [3.63, 3.8) is 0 Å². The molecule has 1 saturated carbocycles. The zero-order valence-corrected chi connectivity index (χ0v) is 18.0. The van der Waals surface area contributed by atoms with Crippen LogP contribution in [-0.2, 0) is 9.53 Å². The highest BCUT2D eigenvalue weighted by molar-refractivity contribution is 5.75. The number of amides is 1. The molecule has 2 fully saturated rings. The number of carbonyl (C=O) groups excluding carboxylic acids is 1. The summed E-state index contributed by atoms with van der Waals surface area (Å²) in [4.78, 5) is 11.4. The molecule has 1 aliphatic heterocycles. The molecule has 0 radical (unpaired) electrons. The van der Waals surface area contributed by atoms with Gasteiger partial charge in [0.05, 0.1) is 12.2 Å². The van der Waals surface area contributed by atoms with E-state index in [0.717, 1.165) is 32.1 Å². The average Bonchev–Trinajstić information content (AvgIpc) is 2.97. The van der Waals surface area contributed by atoms with Gasteiger partial charge >= 0.3 is 5.92 Å². The van der Waals surface area contributed by atoms with E-state index in [1.165, 1.54) is 0 Å². The van der Waals surface area contributed by atoms with Crippen LogP contribution in [0.1, 0.15) is 90.9 Å². The van der Waals surface area contributed by atoms with Crippen LogP contribution in [0.5, 0.6) is 0 Å². The predicted molar refractivity (Wildman–Crippen MR) is 108 cm³/mol. The van der Waals surface area contributed by atoms with Gasteiger partial charge in [-0.25, -0.2) is 8.78 Å². The van der Waals surface area contributed by atoms with Gasteiger partial charge in [0, 0.05) is 32.2 Å². The quantitative estimate of drug-likeness (QED) is 0.415. The van der Waals surface area contributed by atoms with E-state index in [2.05, 4.69) is 5.32 Å². The Labute approximate surface area is 173 Å². The van der Waals surface area contributed by atoms with E-state index < -0.39 is 23.9 Å². The second-order valence-electron chi connectivity index (χ2n) is 8.82. The van der Waals surface area contributed by atoms with Crippen LogP contribution in [0.2, 0.25) is 0 Å². The Balaban J connectivity index is 1.77. The Morgan fingerprint density at radius 3 is 2.62 bits per heavy atom. The van der Waals surface area contributed by atoms with Crippen molar-refractivity contribution in [1.82, 2.24) is 5.32 Å². The van der Waals surface area contributed by atoms with E-state index in [-0.39, 0.29) is 30.6 Å². The van der Waals surface area contributed by atoms with Crippen molar-refractivity contribution in [2.75, 3.05) is 6.54 Å². The number of ether oxygens (including phenoxy) is 1. The molecule has 3 N–H and O–H groups in total. The van der Waals surface area contributed by atoms with Crippen molar-refractivity contribution >= 4 is 5.91 Å². The number of aliphatic hydroxyl groups excluding tert-OH is 1. The summed E-state index contributed by atoms with van der Waals surface area (Å²) in [5.41, 5.74) is 0. The molecule has 1 aliphatic carbocycles. The normalized spacial score (nSPS) is 32.2. The third-order valence-electron chi connectivity index (χ3n) is 6.64. The number of carbonyl (C=O) groups is 1. The fourth-order valence-electron chi connectivity index (χ4n) is 4.93. The number of unbranched alkanes of at least 4 members (excludes halogenated alkanes) is 4. The topological polar surface area (TPSA) is 78.8 Å². The van der Waals surface area contributed by atoms with E-state index in [1.807, 2.05) is 13.8 Å². The Kier molecular flexibility index (Phi) is 9.29. The van der Waals surface area contributed by atoms with Crippen LogP contribution in [0.25, 0.3) is 0 Å². The highest BCUT2D eigenvalue weighted by Crippen LogP contribution is 2.50. The molecule has 2 aliphatic rings. The molecule has 1 amide bonds. The molecule has 0 aromatic rings. The molecule has 1 heterocycles. The molecule has 0 aromatic heterocycles. The van der Waals surface area contributed by atoms with Gasteiger partial charge < -0.3 is 20.3 Å². The largest absolute Gasteiger partial charge is 0.393 e. The number of nitrogens with one attached hydrogen (secondary N) is 1. The number of halogens is 2. The molecule has 2 rings (SSSR count). The van der Waals surface area contributed by atoms with Crippen molar-refractivity contribution in [3.05, 3.63) is 0 Å². The summed E-state index contributed by atoms with van der Waals surface area (Å²) in [6, 6.07) is 0. The molecular formula is C22H39F2NO4. The first-order valence-corrected chi connectivity index (χ1v) is 11.5. The fraction of sp³-hybridized carbons (Fsp3) is 0.955. The molecule has 2 unspecified atom stereocenters. The average molecular weight is 420 g/mol. The Hall–Kier alpha value is -0.790. The lowest BCUT2D eigenvalue weighted by atomic mass is 9.81. The number of hydrogen-bond acceptors (Lipinski definition) is 4. The highest BCUT2D eigenvalue weighted by atomic mass is 19.3. The van der Waals surface area contributed by atoms with Crippen LogP contribution in [0, 0.1) is 11.8 Å². The van der Waals surface area contributed by atoms with Crippen LogP contribution >= 0.6 is 0 Å². The molecule has 7 heteroatoms. The Bertz CT molecular complexity index is 519. The SMILES string of the molecule is CCCCC(F)(F)C1(O)CC[C@@H]2C(CCCCCCC(=O)NCC)[C@@H](O)C[C@H]2O1. The van der Waals surface area contributed by atoms with Crippen molar-refractivity contribution < 1.29 is 28.5 Å². The Morgan fingerprint density at radius 1 is 1.21 bits per heavy atom. The van der Waals surface area contributed by atoms with Crippen LogP contribution in [-0.4, -0.2) is 46.6 Å². The molecule has 29 heavy (non-hydrogen) atoms. The van der Waals surface area contributed by atoms with E-state index in [9.17, 15) is 23.8 Å². The summed E-state index contributed by atoms with van der Waals surface area (Å²) in [5, 5.41) is 23.8. The van der Waals surface area contributed by atoms with Gasteiger partial charge in [-0.05, 0) is 44.4 Å². The second-order valence-corrected chi connectivity index (χ2v) is 8.82. The maximum absolute atomic E-state index is 14.5. The molecule has 5 atom stereocenters. The van der Waals surface area contributed by atoms with Gasteiger partial charge in [-0.2, -0.15) is 0 Å². The smallest absolute Gasteiger partial charge is 0.300 e. The van der Waals surface area contributed by atoms with Gasteiger partial charge in [0.2, 0.25) is 11.7 Å². The predicted octanol–water partition coefficient (Wildman–Crippen LogP) is 4.15. The molecule has 0 spiro atoms. The van der Waals surface area contributed by atoms with Gasteiger partial charge in [-0.15, -0.1) is 0 Å². The summed E-state index contributed by atoms with van der Waals surface area (Å²) in [6.07, 6.45) is 5.37. The monoisotopic (exact) mass is 419 g/mol. The lowest BCUT2D eigenvalue weighted by Gasteiger charge is -2.44. The standard InChI is InChI=1S/C22H39F2NO4/c1-3-5-13-21(23,24)22(28)14-12-17-16(18(26)15-19(17)29-22)10-8-6-7-9-11-20(27)25-4-2/h16-19,26,28H,3-15H2,1-2H3,(H,25,27)/t16?,17-,18+,19-,22?/m1/s1. The van der Waals surface area contributed by atoms with Crippen molar-refractivity contribution in [3.8, 4) is 0 Å². The van der Waals surface area contributed by atoms with Gasteiger partial charge in [0.1, 0.15) is 0 Å². The lowest BCUT2D eigenvalue weighted by molar-refractivity contribution is -0.356. The third-order valence-corrected chi connectivity index (χ3v) is 6.64. The second kappa shape index (κ2) is 11.0. The minimum atomic E-state index is -3.26. The number of rotatable bonds is 12. The highest BCUT2D eigenvalue weighted by Gasteiger charge is 2.59. The lowest BCUT2D eigenvalue weighted by Crippen LogP contribution is -2.55. The summed E-state index contributed by atoms with van der Waals surface area (Å²) in [7, 11) is 0. The third kappa shape index (κ3) is 6.34. The molecule has 5 nitrogen and oxygen atoms in total.